The second kappa shape index (κ2) is 35.7. The van der Waals surface area contributed by atoms with E-state index >= 15 is 0 Å². The molecule has 17 N–H and O–H groups in total. The lowest BCUT2D eigenvalue weighted by atomic mass is 9.88. The first-order valence-corrected chi connectivity index (χ1v) is 31.4. The number of carbonyl (C=O) groups is 11. The molecule has 2 aromatic heterocycles. The molecule has 0 aliphatic carbocycles. The van der Waals surface area contributed by atoms with E-state index in [0.717, 1.165) is 33.9 Å². The number of carbonyl (C=O) groups excluding carboxylic acids is 11. The Balaban J connectivity index is 1.17. The largest absolute Gasteiger partial charge is 0.508 e. The summed E-state index contributed by atoms with van der Waals surface area (Å²) in [5.41, 5.74) is 15.1. The van der Waals surface area contributed by atoms with Gasteiger partial charge >= 0.3 is 6.03 Å². The van der Waals surface area contributed by atoms with Crippen molar-refractivity contribution in [1.29, 1.82) is 5.41 Å². The van der Waals surface area contributed by atoms with E-state index in [4.69, 9.17) is 16.9 Å². The number of phenols is 1. The van der Waals surface area contributed by atoms with Gasteiger partial charge in [-0.25, -0.2) is 9.18 Å². The molecule has 0 bridgehead atoms. The van der Waals surface area contributed by atoms with Crippen LogP contribution in [0.4, 0.5) is 9.18 Å². The number of halogens is 1. The zero-order valence-corrected chi connectivity index (χ0v) is 53.8. The molecule has 95 heavy (non-hydrogen) atoms. The van der Waals surface area contributed by atoms with Crippen LogP contribution in [0.2, 0.25) is 0 Å². The van der Waals surface area contributed by atoms with Crippen LogP contribution in [0.25, 0.3) is 21.8 Å². The third kappa shape index (κ3) is 23.0. The number of aliphatic hydroxyl groups excluding tert-OH is 1. The van der Waals surface area contributed by atoms with Crippen molar-refractivity contribution in [2.45, 2.75) is 135 Å². The fourth-order valence-electron chi connectivity index (χ4n) is 11.2. The Kier molecular flexibility index (Phi) is 27.7. The average Bonchev–Trinajstić information content (AvgIpc) is 1.73. The summed E-state index contributed by atoms with van der Waals surface area (Å²) in [6, 6.07) is 17.8. The molecule has 2 heterocycles. The molecule has 0 aliphatic rings. The summed E-state index contributed by atoms with van der Waals surface area (Å²) in [6.45, 7) is 5.44. The van der Waals surface area contributed by atoms with Gasteiger partial charge in [-0.05, 0) is 110 Å². The predicted molar refractivity (Wildman–Crippen MR) is 352 cm³/mol. The molecule has 0 fully saturated rings. The van der Waals surface area contributed by atoms with E-state index in [2.05, 4.69) is 52.5 Å². The van der Waals surface area contributed by atoms with Crippen LogP contribution in [-0.2, 0) is 73.6 Å². The minimum Gasteiger partial charge on any atom is -0.508 e. The Bertz CT molecular complexity index is 3720. The van der Waals surface area contributed by atoms with Gasteiger partial charge in [0.25, 0.3) is 0 Å². The first kappa shape index (κ1) is 73.7. The number of amides is 8. The summed E-state index contributed by atoms with van der Waals surface area (Å²) < 4.78 is 14.6. The lowest BCUT2D eigenvalue weighted by Gasteiger charge is -2.26. The predicted octanol–water partition coefficient (Wildman–Crippen LogP) is 3.00. The normalized spacial score (nSPS) is 14.1. The number of aromatic hydroxyl groups is 1. The minimum atomic E-state index is -1.72. The van der Waals surface area contributed by atoms with Crippen LogP contribution in [0.15, 0.2) is 109 Å². The van der Waals surface area contributed by atoms with Gasteiger partial charge in [0.2, 0.25) is 35.4 Å². The second-order valence-electron chi connectivity index (χ2n) is 24.3. The topological polar surface area (TPSA) is 432 Å². The van der Waals surface area contributed by atoms with Gasteiger partial charge < -0.3 is 74.2 Å². The molecule has 0 radical (unpaired) electrons. The molecule has 9 atom stereocenters. The van der Waals surface area contributed by atoms with E-state index in [1.165, 1.54) is 38.1 Å². The number of guanidine groups is 1. The number of phenolic OH excluding ortho intramolecular Hbond substituents is 1. The summed E-state index contributed by atoms with van der Waals surface area (Å²) in [5.74, 6) is -12.8. The van der Waals surface area contributed by atoms with Gasteiger partial charge in [-0.2, -0.15) is 0 Å². The number of Topliss-reactive ketones (excluding diaryl/α,β-unsaturated/α-hetero) is 4. The Labute approximate surface area is 548 Å². The molecule has 0 saturated carbocycles. The molecule has 0 unspecified atom stereocenters. The van der Waals surface area contributed by atoms with Gasteiger partial charge in [-0.3, -0.25) is 53.4 Å². The molecule has 0 saturated heterocycles. The lowest BCUT2D eigenvalue weighted by Crippen LogP contribution is -2.53. The van der Waals surface area contributed by atoms with E-state index in [1.807, 2.05) is 24.3 Å². The van der Waals surface area contributed by atoms with Crippen molar-refractivity contribution < 1.29 is 67.3 Å². The number of nitrogens with one attached hydrogen (secondary N) is 11. The molecule has 4 aromatic carbocycles. The number of primary amides is 2. The van der Waals surface area contributed by atoms with Gasteiger partial charge in [0.05, 0.1) is 49.2 Å². The van der Waals surface area contributed by atoms with E-state index in [1.54, 1.807) is 69.7 Å². The Morgan fingerprint density at radius 3 is 1.73 bits per heavy atom. The molecular formula is C68H86FN13O13. The number of rotatable bonds is 38. The fraction of sp³-hybridized carbons (Fsp3) is 0.412. The zero-order valence-electron chi connectivity index (χ0n) is 53.8. The minimum absolute atomic E-state index is 0.0113. The number of ketones is 4. The van der Waals surface area contributed by atoms with Gasteiger partial charge in [0.15, 0.2) is 29.1 Å². The maximum Gasteiger partial charge on any atom is 0.315 e. The van der Waals surface area contributed by atoms with Gasteiger partial charge in [-0.1, -0.05) is 74.5 Å². The van der Waals surface area contributed by atoms with Crippen LogP contribution < -0.4 is 54.0 Å². The summed E-state index contributed by atoms with van der Waals surface area (Å²) in [4.78, 5) is 158. The number of hydrogen-bond donors (Lipinski definition) is 15. The van der Waals surface area contributed by atoms with Crippen LogP contribution in [0, 0.1) is 34.9 Å². The number of para-hydroxylation sites is 2. The first-order chi connectivity index (χ1) is 45.2. The number of fused-ring (bicyclic) bond motifs is 2. The Hall–Kier alpha value is -10.3. The maximum absolute atomic E-state index is 14.6. The molecule has 6 rings (SSSR count). The highest BCUT2D eigenvalue weighted by Crippen LogP contribution is 2.26. The molecule has 508 valence electrons. The average molecular weight is 1310 g/mol. The number of hydrogen-bond acceptors (Lipinski definition) is 14. The number of H-pyrrole nitrogens is 2. The van der Waals surface area contributed by atoms with Crippen molar-refractivity contribution in [3.63, 3.8) is 0 Å². The number of urea groups is 1. The molecule has 26 nitrogen and oxygen atoms in total. The zero-order chi connectivity index (χ0) is 69.5. The molecule has 0 spiro atoms. The highest BCUT2D eigenvalue weighted by Gasteiger charge is 2.37. The molecule has 0 aliphatic heterocycles. The van der Waals surface area contributed by atoms with Crippen molar-refractivity contribution in [2.75, 3.05) is 20.1 Å². The Morgan fingerprint density at radius 1 is 0.579 bits per heavy atom. The van der Waals surface area contributed by atoms with E-state index in [9.17, 15) is 67.3 Å². The quantitative estimate of drug-likeness (QED) is 0.0151. The summed E-state index contributed by atoms with van der Waals surface area (Å²) in [7, 11) is 1.55. The number of benzene rings is 4. The van der Waals surface area contributed by atoms with Gasteiger partial charge in [-0.15, -0.1) is 0 Å². The monoisotopic (exact) mass is 1310 g/mol. The van der Waals surface area contributed by atoms with E-state index in [0.29, 0.717) is 23.1 Å². The van der Waals surface area contributed by atoms with Crippen LogP contribution >= 0.6 is 0 Å². The molecule has 8 amide bonds. The third-order valence-corrected chi connectivity index (χ3v) is 16.3. The van der Waals surface area contributed by atoms with Crippen LogP contribution in [-0.4, -0.2) is 147 Å². The molecule has 27 heteroatoms. The summed E-state index contributed by atoms with van der Waals surface area (Å²) in [6.07, 6.45) is -0.754. The van der Waals surface area contributed by atoms with E-state index < -0.39 is 157 Å². The fourth-order valence-corrected chi connectivity index (χ4v) is 11.2. The Morgan fingerprint density at radius 2 is 1.14 bits per heavy atom. The third-order valence-electron chi connectivity index (χ3n) is 16.3. The highest BCUT2D eigenvalue weighted by molar-refractivity contribution is 6.00. The van der Waals surface area contributed by atoms with Crippen molar-refractivity contribution in [2.24, 2.45) is 35.1 Å². The molecule has 6 aromatic rings. The second-order valence-corrected chi connectivity index (χ2v) is 24.3. The van der Waals surface area contributed by atoms with Crippen LogP contribution in [0.1, 0.15) is 94.9 Å². The summed E-state index contributed by atoms with van der Waals surface area (Å²) >= 11 is 0. The molecular weight excluding hydrogens is 1230 g/mol. The van der Waals surface area contributed by atoms with Crippen LogP contribution in [0.5, 0.6) is 5.75 Å². The van der Waals surface area contributed by atoms with Crippen molar-refractivity contribution >= 4 is 92.4 Å². The number of aliphatic hydroxyl groups is 1. The van der Waals surface area contributed by atoms with Crippen LogP contribution in [0.3, 0.4) is 0 Å². The van der Waals surface area contributed by atoms with E-state index in [-0.39, 0.29) is 68.3 Å². The van der Waals surface area contributed by atoms with Gasteiger partial charge in [0.1, 0.15) is 17.6 Å². The van der Waals surface area contributed by atoms with Crippen molar-refractivity contribution in [1.82, 2.24) is 52.5 Å². The number of aromatic nitrogens is 2. The van der Waals surface area contributed by atoms with Gasteiger partial charge in [0, 0.05) is 92.2 Å². The summed E-state index contributed by atoms with van der Waals surface area (Å²) in [5, 5.41) is 51.4. The maximum atomic E-state index is 14.6. The first-order valence-electron chi connectivity index (χ1n) is 31.4. The smallest absolute Gasteiger partial charge is 0.315 e. The highest BCUT2D eigenvalue weighted by atomic mass is 19.1. The number of aromatic amines is 2. The van der Waals surface area contributed by atoms with Crippen molar-refractivity contribution in [3.8, 4) is 5.75 Å². The van der Waals surface area contributed by atoms with Crippen molar-refractivity contribution in [3.05, 3.63) is 138 Å². The SMILES string of the molecule is CNC(=N)NCCC[C@H](CC(=O)[C@H](CC(C)C)NC(=O)NCC(=O)[C@H](Cc1cccc(F)c1)NC(=O)[C@@H](CC(=O)[C@H](CC(N)=O)NC(=O)[C@@H](CC(=O)[C@@H](Cc1ccc(O)cc1)NC(C)=O)Cc1c[nH]c2ccccc12)[C@@H](C)O)C(=O)N[C@@H](Cc1c[nH]c2ccccc12)C(N)=O. The standard InChI is InChI=1S/C68H86FN13O13/c1-37(2)24-53(58(86)30-42(13-11-23-74-67(72)73-5)64(92)81-57(63(71)91)29-45-35-76-52-18-9-7-16-49(45)52)82-68(95)77-36-61(89)55(27-41-12-10-14-46(69)25-41)80-66(94)50(38(3)83)32-60(88)56(33-62(70)90)79-65(93)43(28-44-34-75-51-17-8-6-15-48(44)51)31-59(87)54(78-39(4)84)26-40-19-21-47(85)22-20-40/h6-10,12,14-22,25,34-35,37-38,42-43,50,53-57,75-76,83,85H,11,13,23-24,26-33,36H2,1-5H3,(H2,70,90)(H2,71,91)(H,78,84)(H,79,93)(H,80,94)(H,81,92)(H3,72,73,74)(H2,77,82,95)/t38-,42-,43-,50+,53+,54-,55+,56+,57+/m1/s1. The lowest BCUT2D eigenvalue weighted by molar-refractivity contribution is -0.137. The number of nitrogens with two attached hydrogens (primary N) is 2.